The zero-order valence-electron chi connectivity index (χ0n) is 12.4. The number of para-hydroxylation sites is 2. The van der Waals surface area contributed by atoms with Crippen LogP contribution in [0.15, 0.2) is 66.7 Å². The van der Waals surface area contributed by atoms with Gasteiger partial charge in [0.05, 0.1) is 0 Å². The summed E-state index contributed by atoms with van der Waals surface area (Å²) in [6.45, 7) is 0.946. The molecule has 0 saturated heterocycles. The lowest BCUT2D eigenvalue weighted by Crippen LogP contribution is -2.09. The van der Waals surface area contributed by atoms with Crippen LogP contribution in [0.2, 0.25) is 0 Å². The number of hydrogen-bond acceptors (Lipinski definition) is 0. The number of rotatable bonds is 2. The Labute approximate surface area is 129 Å². The molecule has 0 spiro atoms. The number of aryl methyl sites for hydroxylation is 2. The summed E-state index contributed by atoms with van der Waals surface area (Å²) in [4.78, 5) is 0. The lowest BCUT2D eigenvalue weighted by atomic mass is 9.87. The van der Waals surface area contributed by atoms with E-state index in [1.54, 1.807) is 5.56 Å². The molecule has 1 aliphatic rings. The second-order valence-corrected chi connectivity index (χ2v) is 6.22. The number of fused-ring (bicyclic) bond motifs is 4. The predicted molar refractivity (Wildman–Crippen MR) is 92.4 cm³/mol. The first-order valence-electron chi connectivity index (χ1n) is 7.97. The molecule has 0 atom stereocenters. The summed E-state index contributed by atoms with van der Waals surface area (Å²) < 4.78 is 2.45. The van der Waals surface area contributed by atoms with Gasteiger partial charge in [0, 0.05) is 28.4 Å². The summed E-state index contributed by atoms with van der Waals surface area (Å²) >= 11 is 0. The van der Waals surface area contributed by atoms with Crippen LogP contribution in [0, 0.1) is 0 Å². The van der Waals surface area contributed by atoms with Crippen molar-refractivity contribution in [2.24, 2.45) is 0 Å². The molecule has 0 radical (unpaired) electrons. The first kappa shape index (κ1) is 12.0. The van der Waals surface area contributed by atoms with E-state index < -0.39 is 0 Å². The van der Waals surface area contributed by atoms with Crippen molar-refractivity contribution in [2.75, 3.05) is 0 Å². The van der Waals surface area contributed by atoms with Crippen LogP contribution in [0.3, 0.4) is 0 Å². The molecule has 0 saturated carbocycles. The molecule has 0 aliphatic heterocycles. The highest BCUT2D eigenvalue weighted by atomic mass is 15.0. The molecule has 4 aromatic rings. The quantitative estimate of drug-likeness (QED) is 0.491. The van der Waals surface area contributed by atoms with Gasteiger partial charge in [-0.25, -0.2) is 0 Å². The molecule has 0 fully saturated rings. The van der Waals surface area contributed by atoms with E-state index in [0.29, 0.717) is 0 Å². The summed E-state index contributed by atoms with van der Waals surface area (Å²) in [7, 11) is 0. The van der Waals surface area contributed by atoms with Gasteiger partial charge in [0.15, 0.2) is 0 Å². The average molecular weight is 283 g/mol. The molecule has 0 N–H and O–H groups in total. The maximum absolute atomic E-state index is 2.45. The topological polar surface area (TPSA) is 4.93 Å². The number of aromatic nitrogens is 1. The minimum atomic E-state index is 0.946. The third kappa shape index (κ3) is 1.66. The van der Waals surface area contributed by atoms with Crippen molar-refractivity contribution < 1.29 is 0 Å². The smallest absolute Gasteiger partial charge is 0.0494 e. The maximum Gasteiger partial charge on any atom is 0.0494 e. The number of hydrogen-bond donors (Lipinski definition) is 0. The third-order valence-electron chi connectivity index (χ3n) is 4.95. The molecule has 5 rings (SSSR count). The van der Waals surface area contributed by atoms with Crippen molar-refractivity contribution in [1.82, 2.24) is 4.57 Å². The van der Waals surface area contributed by atoms with Crippen molar-refractivity contribution in [3.05, 3.63) is 83.4 Å². The average Bonchev–Trinajstić information content (AvgIpc) is 2.85. The molecule has 0 unspecified atom stereocenters. The molecule has 0 amide bonds. The Kier molecular flexibility index (Phi) is 2.45. The summed E-state index contributed by atoms with van der Waals surface area (Å²) in [6.07, 6.45) is 2.50. The van der Waals surface area contributed by atoms with Gasteiger partial charge >= 0.3 is 0 Å². The minimum Gasteiger partial charge on any atom is -0.336 e. The second kappa shape index (κ2) is 4.48. The molecule has 0 bridgehead atoms. The number of nitrogens with zero attached hydrogens (tertiary/aromatic N) is 1. The highest BCUT2D eigenvalue weighted by Gasteiger charge is 2.14. The summed E-state index contributed by atoms with van der Waals surface area (Å²) in [5, 5.41) is 2.70. The highest BCUT2D eigenvalue weighted by Crippen LogP contribution is 2.30. The molecule has 1 aliphatic carbocycles. The minimum absolute atomic E-state index is 0.946. The van der Waals surface area contributed by atoms with Gasteiger partial charge in [-0.2, -0.15) is 0 Å². The van der Waals surface area contributed by atoms with E-state index >= 15 is 0 Å². The molecule has 106 valence electrons. The number of benzene rings is 3. The first-order chi connectivity index (χ1) is 10.9. The Morgan fingerprint density at radius 1 is 0.682 bits per heavy atom. The molecule has 1 heterocycles. The lowest BCUT2D eigenvalue weighted by Gasteiger charge is -2.19. The van der Waals surface area contributed by atoms with Crippen LogP contribution in [0.25, 0.3) is 21.8 Å². The van der Waals surface area contributed by atoms with E-state index in [-0.39, 0.29) is 0 Å². The fraction of sp³-hybridized carbons (Fsp3) is 0.143. The van der Waals surface area contributed by atoms with Gasteiger partial charge in [-0.1, -0.05) is 54.6 Å². The third-order valence-corrected chi connectivity index (χ3v) is 4.95. The summed E-state index contributed by atoms with van der Waals surface area (Å²) in [5.41, 5.74) is 7.13. The normalized spacial score (nSPS) is 13.3. The molecule has 1 heteroatoms. The van der Waals surface area contributed by atoms with Crippen LogP contribution in [-0.4, -0.2) is 4.57 Å². The van der Waals surface area contributed by atoms with E-state index in [1.807, 2.05) is 0 Å². The van der Waals surface area contributed by atoms with Crippen LogP contribution in [0.5, 0.6) is 0 Å². The molecular formula is C21H17N. The van der Waals surface area contributed by atoms with Gasteiger partial charge in [-0.05, 0) is 41.7 Å². The first-order valence-corrected chi connectivity index (χ1v) is 7.97. The van der Waals surface area contributed by atoms with Crippen molar-refractivity contribution in [3.63, 3.8) is 0 Å². The van der Waals surface area contributed by atoms with Gasteiger partial charge in [-0.15, -0.1) is 0 Å². The summed E-state index contributed by atoms with van der Waals surface area (Å²) in [6, 6.07) is 24.4. The molecule has 22 heavy (non-hydrogen) atoms. The van der Waals surface area contributed by atoms with Crippen LogP contribution >= 0.6 is 0 Å². The fourth-order valence-electron chi connectivity index (χ4n) is 3.70. The van der Waals surface area contributed by atoms with E-state index in [2.05, 4.69) is 71.3 Å². The van der Waals surface area contributed by atoms with Gasteiger partial charge in [0.1, 0.15) is 0 Å². The highest BCUT2D eigenvalue weighted by molar-refractivity contribution is 6.08. The van der Waals surface area contributed by atoms with E-state index in [9.17, 15) is 0 Å². The van der Waals surface area contributed by atoms with Crippen LogP contribution < -0.4 is 0 Å². The van der Waals surface area contributed by atoms with Crippen molar-refractivity contribution in [1.29, 1.82) is 0 Å². The van der Waals surface area contributed by atoms with Gasteiger partial charge in [0.25, 0.3) is 0 Å². The molecular weight excluding hydrogens is 266 g/mol. The van der Waals surface area contributed by atoms with Crippen molar-refractivity contribution in [3.8, 4) is 0 Å². The second-order valence-electron chi connectivity index (χ2n) is 6.22. The molecule has 1 nitrogen and oxygen atoms in total. The fourth-order valence-corrected chi connectivity index (χ4v) is 3.70. The van der Waals surface area contributed by atoms with Gasteiger partial charge in [0.2, 0.25) is 0 Å². The Morgan fingerprint density at radius 3 is 1.91 bits per heavy atom. The Hall–Kier alpha value is -2.54. The maximum atomic E-state index is 2.45. The van der Waals surface area contributed by atoms with Gasteiger partial charge in [-0.3, -0.25) is 0 Å². The van der Waals surface area contributed by atoms with Crippen LogP contribution in [-0.2, 0) is 19.4 Å². The summed E-state index contributed by atoms with van der Waals surface area (Å²) in [5.74, 6) is 0. The van der Waals surface area contributed by atoms with Crippen LogP contribution in [0.4, 0.5) is 0 Å². The standard InChI is InChI=1S/C21H17N/c1-3-7-20-18(5-1)19-6-2-4-8-21(19)22(20)14-15-9-10-16-11-12-17(16)13-15/h1-10,13H,11-12,14H2. The Balaban J connectivity index is 1.73. The predicted octanol–water partition coefficient (Wildman–Crippen LogP) is 4.94. The molecule has 3 aromatic carbocycles. The van der Waals surface area contributed by atoms with Gasteiger partial charge < -0.3 is 4.57 Å². The van der Waals surface area contributed by atoms with Crippen LogP contribution in [0.1, 0.15) is 16.7 Å². The Bertz CT molecular complexity index is 954. The van der Waals surface area contributed by atoms with E-state index in [4.69, 9.17) is 0 Å². The van der Waals surface area contributed by atoms with E-state index in [1.165, 1.54) is 45.8 Å². The zero-order chi connectivity index (χ0) is 14.5. The monoisotopic (exact) mass is 283 g/mol. The Morgan fingerprint density at radius 2 is 1.32 bits per heavy atom. The van der Waals surface area contributed by atoms with Crippen molar-refractivity contribution in [2.45, 2.75) is 19.4 Å². The lowest BCUT2D eigenvalue weighted by molar-refractivity contribution is 0.815. The van der Waals surface area contributed by atoms with Crippen molar-refractivity contribution >= 4 is 21.8 Å². The molecule has 1 aromatic heterocycles. The zero-order valence-corrected chi connectivity index (χ0v) is 12.4. The van der Waals surface area contributed by atoms with E-state index in [0.717, 1.165) is 6.54 Å². The largest absolute Gasteiger partial charge is 0.336 e. The SMILES string of the molecule is c1ccc2c(c1)c1ccccc1n2Cc1ccc2c(c1)CC2.